The number of primary amides is 1. The lowest BCUT2D eigenvalue weighted by Gasteiger charge is -2.34. The highest BCUT2D eigenvalue weighted by Crippen LogP contribution is 2.31. The van der Waals surface area contributed by atoms with Crippen LogP contribution in [0.15, 0.2) is 89.8 Å². The average Bonchev–Trinajstić information content (AvgIpc) is 3.32. The first kappa shape index (κ1) is 49.2. The highest BCUT2D eigenvalue weighted by molar-refractivity contribution is 7.89. The van der Waals surface area contributed by atoms with Crippen LogP contribution in [0.2, 0.25) is 0 Å². The third-order valence-corrected chi connectivity index (χ3v) is 14.0. The van der Waals surface area contributed by atoms with Gasteiger partial charge >= 0.3 is 0 Å². The van der Waals surface area contributed by atoms with E-state index in [2.05, 4.69) is 31.1 Å². The third kappa shape index (κ3) is 13.2. The van der Waals surface area contributed by atoms with Crippen molar-refractivity contribution in [2.24, 2.45) is 11.7 Å². The molecule has 1 aliphatic heterocycles. The molecular weight excluding hydrogens is 863 g/mol. The lowest BCUT2D eigenvalue weighted by molar-refractivity contribution is -0.123. The Bertz CT molecular complexity index is 2440. The summed E-state index contributed by atoms with van der Waals surface area (Å²) < 4.78 is 29.3. The molecule has 2 fully saturated rings. The number of hydrogen-bond donors (Lipinski definition) is 6. The number of carbonyl (C=O) groups excluding carboxylic acids is 5. The van der Waals surface area contributed by atoms with Gasteiger partial charge in [-0.3, -0.25) is 28.9 Å². The summed E-state index contributed by atoms with van der Waals surface area (Å²) in [4.78, 5) is 72.8. The van der Waals surface area contributed by atoms with Crippen LogP contribution in [0.3, 0.4) is 0 Å². The predicted octanol–water partition coefficient (Wildman–Crippen LogP) is 4.49. The van der Waals surface area contributed by atoms with Crippen LogP contribution < -0.4 is 31.9 Å². The minimum absolute atomic E-state index is 0.00729. The molecule has 7 N–H and O–H groups in total. The largest absolute Gasteiger partial charge is 0.395 e. The summed E-state index contributed by atoms with van der Waals surface area (Å²) in [7, 11) is -2.02. The molecule has 2 aliphatic rings. The molecule has 5 amide bonds. The molecule has 2 heterocycles. The van der Waals surface area contributed by atoms with Crippen molar-refractivity contribution >= 4 is 56.8 Å². The van der Waals surface area contributed by atoms with Gasteiger partial charge in [-0.05, 0) is 118 Å². The van der Waals surface area contributed by atoms with Gasteiger partial charge in [-0.2, -0.15) is 4.31 Å². The Morgan fingerprint density at radius 2 is 1.44 bits per heavy atom. The van der Waals surface area contributed by atoms with Crippen molar-refractivity contribution in [3.63, 3.8) is 0 Å². The molecule has 0 atom stereocenters. The summed E-state index contributed by atoms with van der Waals surface area (Å²) in [6.07, 6.45) is 5.26. The van der Waals surface area contributed by atoms with Crippen molar-refractivity contribution in [2.75, 3.05) is 61.9 Å². The van der Waals surface area contributed by atoms with E-state index in [1.165, 1.54) is 28.6 Å². The van der Waals surface area contributed by atoms with Crippen molar-refractivity contribution in [1.82, 2.24) is 24.8 Å². The third-order valence-electron chi connectivity index (χ3n) is 11.9. The number of hydrogen-bond acceptors (Lipinski definition) is 11. The van der Waals surface area contributed by atoms with E-state index in [0.717, 1.165) is 43.5 Å². The average molecular weight is 924 g/mol. The molecule has 17 nitrogen and oxygen atoms in total. The lowest BCUT2D eigenvalue weighted by atomic mass is 9.85. The number of sulfonamides is 1. The second-order valence-electron chi connectivity index (χ2n) is 16.8. The number of pyridine rings is 1. The number of amides is 5. The smallest absolute Gasteiger partial charge is 0.276 e. The van der Waals surface area contributed by atoms with Crippen LogP contribution in [-0.2, 0) is 32.7 Å². The first-order valence-corrected chi connectivity index (χ1v) is 24.0. The first-order valence-electron chi connectivity index (χ1n) is 22.6. The van der Waals surface area contributed by atoms with Gasteiger partial charge in [0.15, 0.2) is 5.69 Å². The number of anilines is 3. The normalized spacial score (nSPS) is 16.4. The number of piperidine rings is 1. The standard InChI is InChI=1S/C48H61N9O8S/c1-3-57(39-20-16-35(17-21-39)45(49)60)66(64,65)40-9-7-8-37(30-40)47(62)53-41-22-23-42(56-27-5-4-6-28-56)54-44(41)48(63)52-38-18-12-34(13-19-38)32-55(2)31-33-10-14-36(15-11-33)46(61)51-25-24-43(59)50-26-29-58/h7-15,18-19,22-23,30,35,39,58H,3-6,16-17,20-21,24-29,31-32H2,1-2H3,(H2,49,60)(H,50,59)(H,51,61)(H,52,63)(H,53,62). The number of aliphatic hydroxyl groups excluding tert-OH is 1. The molecule has 352 valence electrons. The van der Waals surface area contributed by atoms with Gasteiger partial charge in [0, 0.05) is 81.0 Å². The molecular formula is C48H61N9O8S. The van der Waals surface area contributed by atoms with Crippen LogP contribution in [0.1, 0.15) is 101 Å². The van der Waals surface area contributed by atoms with Crippen LogP contribution in [-0.4, -0.2) is 110 Å². The molecule has 0 unspecified atom stereocenters. The molecule has 18 heteroatoms. The number of rotatable bonds is 20. The Balaban J connectivity index is 1.09. The Morgan fingerprint density at radius 1 is 0.773 bits per heavy atom. The van der Waals surface area contributed by atoms with Gasteiger partial charge in [0.1, 0.15) is 5.82 Å². The molecule has 4 aromatic rings. The van der Waals surface area contributed by atoms with E-state index in [9.17, 15) is 32.4 Å². The maximum atomic E-state index is 14.0. The zero-order valence-electron chi connectivity index (χ0n) is 37.6. The molecule has 1 saturated heterocycles. The van der Waals surface area contributed by atoms with Crippen LogP contribution in [0, 0.1) is 5.92 Å². The van der Waals surface area contributed by atoms with E-state index in [4.69, 9.17) is 15.8 Å². The minimum Gasteiger partial charge on any atom is -0.395 e. The summed E-state index contributed by atoms with van der Waals surface area (Å²) in [6.45, 7) is 4.98. The molecule has 1 saturated carbocycles. The van der Waals surface area contributed by atoms with Gasteiger partial charge in [0.05, 0.1) is 17.2 Å². The highest BCUT2D eigenvalue weighted by Gasteiger charge is 2.35. The summed E-state index contributed by atoms with van der Waals surface area (Å²) in [6, 6.07) is 23.6. The first-order chi connectivity index (χ1) is 31.7. The molecule has 0 bridgehead atoms. The Morgan fingerprint density at radius 3 is 2.08 bits per heavy atom. The van der Waals surface area contributed by atoms with E-state index in [1.807, 2.05) is 31.3 Å². The van der Waals surface area contributed by atoms with Crippen molar-refractivity contribution in [3.8, 4) is 0 Å². The highest BCUT2D eigenvalue weighted by atomic mass is 32.2. The van der Waals surface area contributed by atoms with Crippen molar-refractivity contribution in [2.45, 2.75) is 82.3 Å². The van der Waals surface area contributed by atoms with Gasteiger partial charge in [0.2, 0.25) is 21.8 Å². The molecule has 1 aromatic heterocycles. The Hall–Kier alpha value is -6.21. The fraction of sp³-hybridized carbons (Fsp3) is 0.417. The summed E-state index contributed by atoms with van der Waals surface area (Å²) in [5.41, 5.74) is 8.77. The second-order valence-corrected chi connectivity index (χ2v) is 18.7. The molecule has 6 rings (SSSR count). The quantitative estimate of drug-likeness (QED) is 0.0723. The van der Waals surface area contributed by atoms with Crippen molar-refractivity contribution < 1.29 is 37.5 Å². The summed E-state index contributed by atoms with van der Waals surface area (Å²) in [5.74, 6) is -1.69. The van der Waals surface area contributed by atoms with Gasteiger partial charge in [0.25, 0.3) is 17.7 Å². The monoisotopic (exact) mass is 923 g/mol. The summed E-state index contributed by atoms with van der Waals surface area (Å²) >= 11 is 0. The number of benzene rings is 3. The fourth-order valence-corrected chi connectivity index (χ4v) is 10.2. The molecule has 0 radical (unpaired) electrons. The van der Waals surface area contributed by atoms with E-state index in [0.29, 0.717) is 55.8 Å². The van der Waals surface area contributed by atoms with Gasteiger partial charge < -0.3 is 37.0 Å². The number of nitrogens with one attached hydrogen (secondary N) is 4. The minimum atomic E-state index is -4.00. The summed E-state index contributed by atoms with van der Waals surface area (Å²) in [5, 5.41) is 19.9. The maximum absolute atomic E-state index is 14.0. The zero-order valence-corrected chi connectivity index (χ0v) is 38.4. The number of aliphatic hydroxyl groups is 1. The lowest BCUT2D eigenvalue weighted by Crippen LogP contribution is -2.43. The number of carbonyl (C=O) groups is 5. The fourth-order valence-electron chi connectivity index (χ4n) is 8.42. The van der Waals surface area contributed by atoms with Crippen LogP contribution in [0.4, 0.5) is 17.2 Å². The Labute approximate surface area is 386 Å². The topological polar surface area (TPSA) is 236 Å². The van der Waals surface area contributed by atoms with E-state index >= 15 is 0 Å². The molecule has 66 heavy (non-hydrogen) atoms. The number of aromatic nitrogens is 1. The van der Waals surface area contributed by atoms with Crippen molar-refractivity contribution in [3.05, 3.63) is 113 Å². The van der Waals surface area contributed by atoms with E-state index < -0.39 is 21.8 Å². The molecule has 0 spiro atoms. The molecule has 1 aliphatic carbocycles. The van der Waals surface area contributed by atoms with Gasteiger partial charge in [-0.15, -0.1) is 0 Å². The zero-order chi connectivity index (χ0) is 47.2. The SMILES string of the molecule is CCN(C1CCC(C(N)=O)CC1)S(=O)(=O)c1cccc(C(=O)Nc2ccc(N3CCCCC3)nc2C(=O)Nc2ccc(CN(C)Cc3ccc(C(=O)NCCC(=O)NCCO)cc3)cc2)c1. The van der Waals surface area contributed by atoms with E-state index in [1.54, 1.807) is 43.3 Å². The predicted molar refractivity (Wildman–Crippen MR) is 252 cm³/mol. The molecule has 3 aromatic carbocycles. The van der Waals surface area contributed by atoms with Crippen LogP contribution in [0.25, 0.3) is 0 Å². The van der Waals surface area contributed by atoms with E-state index in [-0.39, 0.29) is 84.2 Å². The van der Waals surface area contributed by atoms with Crippen LogP contribution in [0.5, 0.6) is 0 Å². The Kier molecular flexibility index (Phi) is 17.4. The second kappa shape index (κ2) is 23.3. The van der Waals surface area contributed by atoms with Crippen LogP contribution >= 0.6 is 0 Å². The number of nitrogens with two attached hydrogens (primary N) is 1. The number of nitrogens with zero attached hydrogens (tertiary/aromatic N) is 4. The van der Waals surface area contributed by atoms with Gasteiger partial charge in [-0.1, -0.05) is 37.3 Å². The van der Waals surface area contributed by atoms with Crippen molar-refractivity contribution in [1.29, 1.82) is 0 Å². The maximum Gasteiger partial charge on any atom is 0.276 e. The van der Waals surface area contributed by atoms with Gasteiger partial charge in [-0.25, -0.2) is 13.4 Å².